The van der Waals surface area contributed by atoms with Crippen molar-refractivity contribution in [3.8, 4) is 0 Å². The molecule has 1 spiro atoms. The van der Waals surface area contributed by atoms with Crippen LogP contribution in [0.25, 0.3) is 0 Å². The molecule has 1 heterocycles. The summed E-state index contributed by atoms with van der Waals surface area (Å²) in [6.07, 6.45) is 5.32. The number of amides is 1. The minimum Gasteiger partial charge on any atom is -0.330 e. The maximum absolute atomic E-state index is 13.4. The lowest BCUT2D eigenvalue weighted by Gasteiger charge is -2.49. The number of hydrogen-bond donors (Lipinski definition) is 1. The molecule has 3 rings (SSSR count). The van der Waals surface area contributed by atoms with Crippen molar-refractivity contribution in [2.45, 2.75) is 37.6 Å². The molecule has 1 aromatic carbocycles. The molecule has 3 nitrogen and oxygen atoms in total. The fourth-order valence-electron chi connectivity index (χ4n) is 3.65. The molecule has 0 radical (unpaired) electrons. The van der Waals surface area contributed by atoms with E-state index < -0.39 is 11.6 Å². The number of nitrogens with zero attached hydrogens (tertiary/aromatic N) is 1. The minimum absolute atomic E-state index is 0.111. The lowest BCUT2D eigenvalue weighted by Crippen LogP contribution is -2.63. The Bertz CT molecular complexity index is 513. The molecule has 1 aromatic rings. The summed E-state index contributed by atoms with van der Waals surface area (Å²) in [5, 5.41) is 3.36. The smallest absolute Gasteiger partial charge is 0.254 e. The van der Waals surface area contributed by atoms with Crippen LogP contribution in [0.15, 0.2) is 18.2 Å². The maximum atomic E-state index is 13.4. The van der Waals surface area contributed by atoms with Crippen molar-refractivity contribution < 1.29 is 13.6 Å². The van der Waals surface area contributed by atoms with Gasteiger partial charge in [-0.25, -0.2) is 8.78 Å². The molecular weight excluding hydrogens is 274 g/mol. The third kappa shape index (κ3) is 2.79. The fraction of sp³-hybridized carbons (Fsp3) is 0.562. The summed E-state index contributed by atoms with van der Waals surface area (Å²) >= 11 is 0. The van der Waals surface area contributed by atoms with Crippen LogP contribution in [0.3, 0.4) is 0 Å². The van der Waals surface area contributed by atoms with Crippen molar-refractivity contribution in [3.63, 3.8) is 0 Å². The van der Waals surface area contributed by atoms with E-state index in [-0.39, 0.29) is 17.0 Å². The zero-order valence-electron chi connectivity index (χ0n) is 12.0. The van der Waals surface area contributed by atoms with Gasteiger partial charge in [-0.15, -0.1) is 0 Å². The van der Waals surface area contributed by atoms with E-state index >= 15 is 0 Å². The van der Waals surface area contributed by atoms with Gasteiger partial charge in [0, 0.05) is 31.3 Å². The molecule has 1 aliphatic heterocycles. The molecule has 0 atom stereocenters. The summed E-state index contributed by atoms with van der Waals surface area (Å²) in [6, 6.07) is 3.05. The van der Waals surface area contributed by atoms with Crippen LogP contribution < -0.4 is 5.32 Å². The van der Waals surface area contributed by atoms with Crippen molar-refractivity contribution in [3.05, 3.63) is 35.4 Å². The van der Waals surface area contributed by atoms with Crippen molar-refractivity contribution >= 4 is 5.91 Å². The highest BCUT2D eigenvalue weighted by molar-refractivity contribution is 5.95. The number of carbonyl (C=O) groups excluding carboxylic acids is 1. The molecule has 1 N–H and O–H groups in total. The van der Waals surface area contributed by atoms with Crippen LogP contribution >= 0.6 is 0 Å². The molecule has 0 aromatic heterocycles. The summed E-state index contributed by atoms with van der Waals surface area (Å²) in [6.45, 7) is 2.10. The van der Waals surface area contributed by atoms with Crippen LogP contribution in [0.1, 0.15) is 42.5 Å². The van der Waals surface area contributed by atoms with Gasteiger partial charge in [0.15, 0.2) is 0 Å². The molecule has 1 aliphatic carbocycles. The van der Waals surface area contributed by atoms with Crippen LogP contribution in [0, 0.1) is 11.6 Å². The van der Waals surface area contributed by atoms with Gasteiger partial charge in [-0.3, -0.25) is 4.79 Å². The molecule has 0 bridgehead atoms. The molecule has 1 amide bonds. The molecule has 5 heteroatoms. The molecule has 21 heavy (non-hydrogen) atoms. The number of carbonyl (C=O) groups is 1. The topological polar surface area (TPSA) is 32.3 Å². The zero-order valence-corrected chi connectivity index (χ0v) is 12.0. The van der Waals surface area contributed by atoms with Crippen molar-refractivity contribution in [1.29, 1.82) is 0 Å². The Labute approximate surface area is 123 Å². The predicted molar refractivity (Wildman–Crippen MR) is 76.1 cm³/mol. The summed E-state index contributed by atoms with van der Waals surface area (Å²) < 4.78 is 26.7. The first-order chi connectivity index (χ1) is 10.1. The van der Waals surface area contributed by atoms with Crippen molar-refractivity contribution in [2.75, 3.05) is 19.6 Å². The van der Waals surface area contributed by atoms with E-state index in [0.717, 1.165) is 57.0 Å². The van der Waals surface area contributed by atoms with Gasteiger partial charge in [0.05, 0.1) is 5.54 Å². The number of nitrogens with one attached hydrogen (secondary N) is 1. The molecule has 0 unspecified atom stereocenters. The van der Waals surface area contributed by atoms with Gasteiger partial charge in [0.2, 0.25) is 0 Å². The SMILES string of the molecule is O=C(c1cc(F)cc(F)c1)N1CCNCC12CCCCC2. The average Bonchev–Trinajstić information content (AvgIpc) is 2.47. The molecule has 1 saturated heterocycles. The fourth-order valence-corrected chi connectivity index (χ4v) is 3.65. The number of halogens is 2. The van der Waals surface area contributed by atoms with Crippen molar-refractivity contribution in [1.82, 2.24) is 10.2 Å². The number of benzene rings is 1. The van der Waals surface area contributed by atoms with Crippen LogP contribution in [-0.4, -0.2) is 36.0 Å². The molecule has 2 aliphatic rings. The molecular formula is C16H20F2N2O. The van der Waals surface area contributed by atoms with E-state index in [1.165, 1.54) is 6.42 Å². The summed E-state index contributed by atoms with van der Waals surface area (Å²) in [5.74, 6) is -1.66. The van der Waals surface area contributed by atoms with E-state index in [0.29, 0.717) is 6.54 Å². The van der Waals surface area contributed by atoms with Crippen LogP contribution in [-0.2, 0) is 0 Å². The van der Waals surface area contributed by atoms with Gasteiger partial charge < -0.3 is 10.2 Å². The first-order valence-corrected chi connectivity index (χ1v) is 7.60. The third-order valence-corrected chi connectivity index (χ3v) is 4.68. The lowest BCUT2D eigenvalue weighted by atomic mass is 9.78. The predicted octanol–water partition coefficient (Wildman–Crippen LogP) is 2.71. The second-order valence-electron chi connectivity index (χ2n) is 6.08. The van der Waals surface area contributed by atoms with Gasteiger partial charge >= 0.3 is 0 Å². The van der Waals surface area contributed by atoms with Gasteiger partial charge in [-0.05, 0) is 25.0 Å². The molecule has 2 fully saturated rings. The van der Waals surface area contributed by atoms with Gasteiger partial charge in [-0.2, -0.15) is 0 Å². The van der Waals surface area contributed by atoms with E-state index in [4.69, 9.17) is 0 Å². The Morgan fingerprint density at radius 3 is 2.43 bits per heavy atom. The van der Waals surface area contributed by atoms with Crippen LogP contribution in [0.5, 0.6) is 0 Å². The Morgan fingerprint density at radius 2 is 1.76 bits per heavy atom. The Kier molecular flexibility index (Phi) is 3.93. The second kappa shape index (κ2) is 5.72. The lowest BCUT2D eigenvalue weighted by molar-refractivity contribution is 0.0222. The van der Waals surface area contributed by atoms with E-state index in [9.17, 15) is 13.6 Å². The molecule has 114 valence electrons. The van der Waals surface area contributed by atoms with Crippen LogP contribution in [0.2, 0.25) is 0 Å². The van der Waals surface area contributed by atoms with Gasteiger partial charge in [0.1, 0.15) is 11.6 Å². The Morgan fingerprint density at radius 1 is 1.10 bits per heavy atom. The zero-order chi connectivity index (χ0) is 14.9. The quantitative estimate of drug-likeness (QED) is 0.864. The number of hydrogen-bond acceptors (Lipinski definition) is 2. The summed E-state index contributed by atoms with van der Waals surface area (Å²) in [5.41, 5.74) is -0.0736. The first kappa shape index (κ1) is 14.4. The van der Waals surface area contributed by atoms with E-state index in [1.807, 2.05) is 4.90 Å². The third-order valence-electron chi connectivity index (χ3n) is 4.68. The van der Waals surface area contributed by atoms with Gasteiger partial charge in [0.25, 0.3) is 5.91 Å². The van der Waals surface area contributed by atoms with E-state index in [1.54, 1.807) is 0 Å². The Balaban J connectivity index is 1.90. The monoisotopic (exact) mass is 294 g/mol. The standard InChI is InChI=1S/C16H20F2N2O/c17-13-8-12(9-14(18)10-13)15(21)20-7-6-19-11-16(20)4-2-1-3-5-16/h8-10,19H,1-7,11H2. The van der Waals surface area contributed by atoms with Crippen molar-refractivity contribution in [2.24, 2.45) is 0 Å². The summed E-state index contributed by atoms with van der Waals surface area (Å²) in [4.78, 5) is 14.6. The minimum atomic E-state index is -0.703. The maximum Gasteiger partial charge on any atom is 0.254 e. The second-order valence-corrected chi connectivity index (χ2v) is 6.08. The Hall–Kier alpha value is -1.49. The highest BCUT2D eigenvalue weighted by atomic mass is 19.1. The normalized spacial score (nSPS) is 21.5. The number of rotatable bonds is 1. The number of piperazine rings is 1. The highest BCUT2D eigenvalue weighted by Gasteiger charge is 2.42. The molecule has 1 saturated carbocycles. The average molecular weight is 294 g/mol. The van der Waals surface area contributed by atoms with E-state index in [2.05, 4.69) is 5.32 Å². The summed E-state index contributed by atoms with van der Waals surface area (Å²) in [7, 11) is 0. The first-order valence-electron chi connectivity index (χ1n) is 7.60. The van der Waals surface area contributed by atoms with Crippen LogP contribution in [0.4, 0.5) is 8.78 Å². The largest absolute Gasteiger partial charge is 0.330 e. The van der Waals surface area contributed by atoms with Gasteiger partial charge in [-0.1, -0.05) is 19.3 Å². The highest BCUT2D eigenvalue weighted by Crippen LogP contribution is 2.35.